The summed E-state index contributed by atoms with van der Waals surface area (Å²) in [6, 6.07) is 7.93. The van der Waals surface area contributed by atoms with Gasteiger partial charge in [-0.15, -0.1) is 0 Å². The molecule has 156 valence electrons. The van der Waals surface area contributed by atoms with Crippen LogP contribution in [0.2, 0.25) is 0 Å². The van der Waals surface area contributed by atoms with Gasteiger partial charge in [0.05, 0.1) is 25.4 Å². The number of hydrogen-bond donors (Lipinski definition) is 2. The molecule has 1 aromatic carbocycles. The molecule has 3 aliphatic rings. The van der Waals surface area contributed by atoms with Gasteiger partial charge in [-0.25, -0.2) is 4.99 Å². The molecule has 1 amide bonds. The Hall–Kier alpha value is -3.13. The highest BCUT2D eigenvalue weighted by Gasteiger charge is 2.50. The van der Waals surface area contributed by atoms with Crippen LogP contribution in [-0.2, 0) is 21.5 Å². The normalized spacial score (nSPS) is 23.6. The topological polar surface area (TPSA) is 102 Å². The van der Waals surface area contributed by atoms with Crippen LogP contribution >= 0.6 is 0 Å². The zero-order valence-corrected chi connectivity index (χ0v) is 16.9. The summed E-state index contributed by atoms with van der Waals surface area (Å²) < 4.78 is 10.8. The SMILES string of the molecule is COc1ccncc1Nc1cccc2c1C[C@]21CC(=O)N(C2CCOCC2)C(N)=N1. The molecule has 8 heteroatoms. The Kier molecular flexibility index (Phi) is 4.58. The van der Waals surface area contributed by atoms with Crippen LogP contribution in [0.3, 0.4) is 0 Å². The maximum Gasteiger partial charge on any atom is 0.232 e. The minimum Gasteiger partial charge on any atom is -0.494 e. The number of carbonyl (C=O) groups excluding carboxylic acids is 1. The lowest BCUT2D eigenvalue weighted by Gasteiger charge is -2.47. The van der Waals surface area contributed by atoms with Crippen LogP contribution in [0.4, 0.5) is 11.4 Å². The Morgan fingerprint density at radius 2 is 2.07 bits per heavy atom. The average Bonchev–Trinajstić information content (AvgIpc) is 2.75. The molecule has 30 heavy (non-hydrogen) atoms. The molecule has 1 saturated heterocycles. The first-order valence-electron chi connectivity index (χ1n) is 10.2. The Bertz CT molecular complexity index is 1020. The number of rotatable bonds is 4. The van der Waals surface area contributed by atoms with Gasteiger partial charge >= 0.3 is 0 Å². The van der Waals surface area contributed by atoms with Gasteiger partial charge in [0.15, 0.2) is 5.96 Å². The molecular formula is C22H25N5O3. The summed E-state index contributed by atoms with van der Waals surface area (Å²) in [4.78, 5) is 23.8. The number of carbonyl (C=O) groups is 1. The number of guanidine groups is 1. The summed E-state index contributed by atoms with van der Waals surface area (Å²) in [5.74, 6) is 1.10. The van der Waals surface area contributed by atoms with Gasteiger partial charge in [-0.2, -0.15) is 0 Å². The van der Waals surface area contributed by atoms with Crippen LogP contribution in [0, 0.1) is 0 Å². The summed E-state index contributed by atoms with van der Waals surface area (Å²) >= 11 is 0. The number of benzene rings is 1. The number of fused-ring (bicyclic) bond motifs is 2. The van der Waals surface area contributed by atoms with Crippen LogP contribution in [0.25, 0.3) is 0 Å². The molecule has 3 heterocycles. The predicted molar refractivity (Wildman–Crippen MR) is 113 cm³/mol. The fraction of sp³-hybridized carbons (Fsp3) is 0.409. The van der Waals surface area contributed by atoms with Crippen molar-refractivity contribution in [3.63, 3.8) is 0 Å². The first-order valence-corrected chi connectivity index (χ1v) is 10.2. The van der Waals surface area contributed by atoms with Crippen molar-refractivity contribution in [2.45, 2.75) is 37.3 Å². The van der Waals surface area contributed by atoms with Crippen molar-refractivity contribution in [1.29, 1.82) is 0 Å². The molecule has 0 saturated carbocycles. The van der Waals surface area contributed by atoms with Gasteiger partial charge in [-0.05, 0) is 30.0 Å². The highest BCUT2D eigenvalue weighted by atomic mass is 16.5. The van der Waals surface area contributed by atoms with Crippen LogP contribution in [-0.4, -0.2) is 48.1 Å². The van der Waals surface area contributed by atoms with Crippen LogP contribution in [0.5, 0.6) is 5.75 Å². The zero-order valence-electron chi connectivity index (χ0n) is 16.9. The second-order valence-corrected chi connectivity index (χ2v) is 8.00. The van der Waals surface area contributed by atoms with Crippen molar-refractivity contribution < 1.29 is 14.3 Å². The zero-order chi connectivity index (χ0) is 20.7. The van der Waals surface area contributed by atoms with Crippen molar-refractivity contribution in [2.75, 3.05) is 25.6 Å². The number of anilines is 2. The third-order valence-electron chi connectivity index (χ3n) is 6.26. The standard InChI is InChI=1S/C22H25N5O3/c1-29-19-5-8-24-13-18(19)25-17-4-2-3-16-15(17)11-22(16)12-20(28)27(21(23)26-22)14-6-9-30-10-7-14/h2-5,8,13-14,25H,6-7,9-12H2,1H3,(H2,23,26)/t22-/m0/s1. The van der Waals surface area contributed by atoms with E-state index in [0.29, 0.717) is 32.0 Å². The van der Waals surface area contributed by atoms with Gasteiger partial charge in [0.1, 0.15) is 11.3 Å². The molecule has 3 N–H and O–H groups in total. The van der Waals surface area contributed by atoms with Gasteiger partial charge in [0.25, 0.3) is 0 Å². The fourth-order valence-corrected chi connectivity index (χ4v) is 4.78. The molecule has 1 fully saturated rings. The number of methoxy groups -OCH3 is 1. The Labute approximate surface area is 175 Å². The molecule has 1 atom stereocenters. The molecule has 8 nitrogen and oxygen atoms in total. The first kappa shape index (κ1) is 18.9. The van der Waals surface area contributed by atoms with E-state index in [-0.39, 0.29) is 11.9 Å². The summed E-state index contributed by atoms with van der Waals surface area (Å²) in [6.07, 6.45) is 6.04. The number of nitrogens with two attached hydrogens (primary N) is 1. The molecule has 5 rings (SSSR count). The van der Waals surface area contributed by atoms with E-state index in [2.05, 4.69) is 10.3 Å². The van der Waals surface area contributed by atoms with Crippen LogP contribution in [0.1, 0.15) is 30.4 Å². The largest absolute Gasteiger partial charge is 0.494 e. The highest BCUT2D eigenvalue weighted by Crippen LogP contribution is 2.50. The summed E-state index contributed by atoms with van der Waals surface area (Å²) in [6.45, 7) is 1.31. The van der Waals surface area contributed by atoms with Gasteiger partial charge < -0.3 is 20.5 Å². The van der Waals surface area contributed by atoms with E-state index in [9.17, 15) is 4.79 Å². The lowest BCUT2D eigenvalue weighted by Crippen LogP contribution is -2.58. The quantitative estimate of drug-likeness (QED) is 0.806. The van der Waals surface area contributed by atoms with E-state index < -0.39 is 5.54 Å². The number of nitrogens with zero attached hydrogens (tertiary/aromatic N) is 3. The monoisotopic (exact) mass is 407 g/mol. The number of aliphatic imine (C=N–C) groups is 1. The second kappa shape index (κ2) is 7.28. The van der Waals surface area contributed by atoms with E-state index in [0.717, 1.165) is 41.1 Å². The predicted octanol–water partition coefficient (Wildman–Crippen LogP) is 2.31. The number of amides is 1. The highest BCUT2D eigenvalue weighted by molar-refractivity contribution is 6.00. The molecule has 0 bridgehead atoms. The number of hydrogen-bond acceptors (Lipinski definition) is 7. The van der Waals surface area contributed by atoms with Crippen LogP contribution in [0.15, 0.2) is 41.7 Å². The average molecular weight is 407 g/mol. The Balaban J connectivity index is 1.43. The third kappa shape index (κ3) is 2.99. The molecule has 2 aromatic rings. The number of ether oxygens (including phenoxy) is 2. The van der Waals surface area contributed by atoms with Crippen molar-refractivity contribution >= 4 is 23.2 Å². The van der Waals surface area contributed by atoms with Crippen molar-refractivity contribution in [1.82, 2.24) is 9.88 Å². The Morgan fingerprint density at radius 3 is 2.83 bits per heavy atom. The number of aromatic nitrogens is 1. The molecule has 1 spiro atoms. The minimum absolute atomic E-state index is 0.0485. The van der Waals surface area contributed by atoms with E-state index in [1.54, 1.807) is 24.4 Å². The smallest absolute Gasteiger partial charge is 0.232 e. The van der Waals surface area contributed by atoms with Gasteiger partial charge in [-0.1, -0.05) is 12.1 Å². The lowest BCUT2D eigenvalue weighted by atomic mass is 9.67. The second-order valence-electron chi connectivity index (χ2n) is 8.00. The maximum atomic E-state index is 13.1. The molecule has 1 aromatic heterocycles. The summed E-state index contributed by atoms with van der Waals surface area (Å²) in [5.41, 5.74) is 9.72. The van der Waals surface area contributed by atoms with E-state index in [1.165, 1.54) is 0 Å². The van der Waals surface area contributed by atoms with Crippen molar-refractivity contribution in [3.8, 4) is 5.75 Å². The van der Waals surface area contributed by atoms with Gasteiger partial charge in [0.2, 0.25) is 5.91 Å². The lowest BCUT2D eigenvalue weighted by molar-refractivity contribution is -0.133. The van der Waals surface area contributed by atoms with Crippen LogP contribution < -0.4 is 15.8 Å². The van der Waals surface area contributed by atoms with Crippen molar-refractivity contribution in [2.24, 2.45) is 10.7 Å². The number of pyridine rings is 1. The van der Waals surface area contributed by atoms with Gasteiger partial charge in [0, 0.05) is 43.6 Å². The molecule has 0 radical (unpaired) electrons. The first-order chi connectivity index (χ1) is 14.6. The minimum atomic E-state index is -0.561. The maximum absolute atomic E-state index is 13.1. The van der Waals surface area contributed by atoms with Crippen molar-refractivity contribution in [3.05, 3.63) is 47.8 Å². The third-order valence-corrected chi connectivity index (χ3v) is 6.26. The van der Waals surface area contributed by atoms with E-state index in [1.807, 2.05) is 24.3 Å². The Morgan fingerprint density at radius 1 is 1.23 bits per heavy atom. The van der Waals surface area contributed by atoms with Gasteiger partial charge in [-0.3, -0.25) is 14.7 Å². The number of nitrogens with one attached hydrogen (secondary N) is 1. The van der Waals surface area contributed by atoms with E-state index >= 15 is 0 Å². The fourth-order valence-electron chi connectivity index (χ4n) is 4.78. The molecule has 2 aliphatic heterocycles. The molecular weight excluding hydrogens is 382 g/mol. The molecule has 0 unspecified atom stereocenters. The van der Waals surface area contributed by atoms with E-state index in [4.69, 9.17) is 20.2 Å². The molecule has 1 aliphatic carbocycles. The summed E-state index contributed by atoms with van der Waals surface area (Å²) in [7, 11) is 1.63. The summed E-state index contributed by atoms with van der Waals surface area (Å²) in [5, 5.41) is 3.41.